The van der Waals surface area contributed by atoms with E-state index in [0.717, 1.165) is 39.5 Å². The third kappa shape index (κ3) is 8.78. The highest BCUT2D eigenvalue weighted by molar-refractivity contribution is 14.0. The van der Waals surface area contributed by atoms with Crippen molar-refractivity contribution in [1.82, 2.24) is 10.6 Å². The fourth-order valence-corrected chi connectivity index (χ4v) is 4.24. The number of aliphatic imine (C=N–C) groups is 1. The van der Waals surface area contributed by atoms with Crippen LogP contribution in [0.2, 0.25) is 0 Å². The van der Waals surface area contributed by atoms with Gasteiger partial charge in [0.2, 0.25) is 10.0 Å². The predicted molar refractivity (Wildman–Crippen MR) is 134 cm³/mol. The molecular weight excluding hydrogens is 535 g/mol. The molecule has 0 radical (unpaired) electrons. The average molecular weight is 567 g/mol. The van der Waals surface area contributed by atoms with E-state index in [0.29, 0.717) is 31.6 Å². The maximum atomic E-state index is 11.4. The number of halogens is 1. The SMILES string of the molecule is CN=C(NCc1ccc(S(N)(=O)=O)s1)NCc1ccc(C)cc1OCCC(C)C.I. The van der Waals surface area contributed by atoms with Gasteiger partial charge in [-0.05, 0) is 43.0 Å². The van der Waals surface area contributed by atoms with Crippen molar-refractivity contribution in [2.75, 3.05) is 13.7 Å². The lowest BCUT2D eigenvalue weighted by molar-refractivity contribution is 0.286. The fraction of sp³-hybridized carbons (Fsp3) is 0.450. The van der Waals surface area contributed by atoms with Gasteiger partial charge in [0.25, 0.3) is 0 Å². The van der Waals surface area contributed by atoms with Gasteiger partial charge in [0.15, 0.2) is 5.96 Å². The average Bonchev–Trinajstić information content (AvgIpc) is 3.12. The lowest BCUT2D eigenvalue weighted by atomic mass is 10.1. The van der Waals surface area contributed by atoms with E-state index in [1.807, 2.05) is 13.0 Å². The van der Waals surface area contributed by atoms with E-state index in [-0.39, 0.29) is 28.2 Å². The van der Waals surface area contributed by atoms with Crippen LogP contribution in [0, 0.1) is 12.8 Å². The van der Waals surface area contributed by atoms with Crippen LogP contribution in [0.1, 0.15) is 36.3 Å². The van der Waals surface area contributed by atoms with Gasteiger partial charge in [-0.2, -0.15) is 0 Å². The van der Waals surface area contributed by atoms with Crippen LogP contribution in [-0.2, 0) is 23.1 Å². The summed E-state index contributed by atoms with van der Waals surface area (Å²) >= 11 is 1.14. The van der Waals surface area contributed by atoms with E-state index >= 15 is 0 Å². The minimum Gasteiger partial charge on any atom is -0.493 e. The van der Waals surface area contributed by atoms with Crippen molar-refractivity contribution in [1.29, 1.82) is 0 Å². The van der Waals surface area contributed by atoms with Crippen LogP contribution in [0.4, 0.5) is 0 Å². The summed E-state index contributed by atoms with van der Waals surface area (Å²) in [5.41, 5.74) is 2.20. The number of nitrogens with zero attached hydrogens (tertiary/aromatic N) is 1. The fourth-order valence-electron chi connectivity index (χ4n) is 2.52. The molecule has 1 aromatic heterocycles. The molecular formula is C20H31IN4O3S2. The Kier molecular flexibility index (Phi) is 11.1. The number of rotatable bonds is 9. The van der Waals surface area contributed by atoms with E-state index < -0.39 is 10.0 Å². The van der Waals surface area contributed by atoms with Crippen molar-refractivity contribution in [2.45, 2.75) is 44.5 Å². The molecule has 0 atom stereocenters. The minimum absolute atomic E-state index is 0. The first-order valence-corrected chi connectivity index (χ1v) is 11.8. The third-order valence-corrected chi connectivity index (χ3v) is 6.72. The summed E-state index contributed by atoms with van der Waals surface area (Å²) in [4.78, 5) is 5.07. The zero-order valence-corrected chi connectivity index (χ0v) is 21.7. The van der Waals surface area contributed by atoms with Crippen LogP contribution < -0.4 is 20.5 Å². The first kappa shape index (κ1) is 26.7. The number of nitrogens with two attached hydrogens (primary N) is 1. The Labute approximate surface area is 200 Å². The Morgan fingerprint density at radius 2 is 1.90 bits per heavy atom. The second kappa shape index (κ2) is 12.5. The van der Waals surface area contributed by atoms with Gasteiger partial charge >= 0.3 is 0 Å². The van der Waals surface area contributed by atoms with Crippen LogP contribution in [-0.4, -0.2) is 28.0 Å². The molecule has 1 heterocycles. The lowest BCUT2D eigenvalue weighted by Crippen LogP contribution is -2.36. The van der Waals surface area contributed by atoms with Crippen LogP contribution in [0.25, 0.3) is 0 Å². The third-order valence-electron chi connectivity index (χ3n) is 4.19. The standard InChI is InChI=1S/C20H30N4O3S2.HI/c1-14(2)9-10-27-18-11-15(3)5-6-16(18)12-23-20(22-4)24-13-17-7-8-19(28-17)29(21,25)26;/h5-8,11,14H,9-10,12-13H2,1-4H3,(H2,21,25,26)(H2,22,23,24);1H. The van der Waals surface area contributed by atoms with E-state index in [9.17, 15) is 8.42 Å². The van der Waals surface area contributed by atoms with Crippen molar-refractivity contribution in [2.24, 2.45) is 16.0 Å². The van der Waals surface area contributed by atoms with E-state index in [1.165, 1.54) is 6.07 Å². The second-order valence-electron chi connectivity index (χ2n) is 7.19. The molecule has 0 aliphatic rings. The van der Waals surface area contributed by atoms with Gasteiger partial charge in [0, 0.05) is 24.0 Å². The number of primary sulfonamides is 1. The quantitative estimate of drug-likeness (QED) is 0.244. The number of thiophene rings is 1. The van der Waals surface area contributed by atoms with Gasteiger partial charge in [-0.1, -0.05) is 26.0 Å². The summed E-state index contributed by atoms with van der Waals surface area (Å²) < 4.78 is 28.9. The molecule has 4 N–H and O–H groups in total. The van der Waals surface area contributed by atoms with Crippen LogP contribution in [0.3, 0.4) is 0 Å². The van der Waals surface area contributed by atoms with Crippen LogP contribution >= 0.6 is 35.3 Å². The van der Waals surface area contributed by atoms with Crippen LogP contribution in [0.5, 0.6) is 5.75 Å². The largest absolute Gasteiger partial charge is 0.493 e. The van der Waals surface area contributed by atoms with Gasteiger partial charge in [0.1, 0.15) is 9.96 Å². The Hall–Kier alpha value is -1.37. The number of guanidine groups is 1. The summed E-state index contributed by atoms with van der Waals surface area (Å²) in [6.07, 6.45) is 1.01. The molecule has 7 nitrogen and oxygen atoms in total. The first-order valence-electron chi connectivity index (χ1n) is 9.47. The predicted octanol–water partition coefficient (Wildman–Crippen LogP) is 3.61. The summed E-state index contributed by atoms with van der Waals surface area (Å²) in [5.74, 6) is 2.09. The van der Waals surface area contributed by atoms with Gasteiger partial charge in [-0.3, -0.25) is 4.99 Å². The summed E-state index contributed by atoms with van der Waals surface area (Å²) in [7, 11) is -1.97. The molecule has 2 rings (SSSR count). The molecule has 30 heavy (non-hydrogen) atoms. The summed E-state index contributed by atoms with van der Waals surface area (Å²) in [5, 5.41) is 11.6. The maximum absolute atomic E-state index is 11.4. The molecule has 10 heteroatoms. The topological polar surface area (TPSA) is 106 Å². The van der Waals surface area contributed by atoms with Gasteiger partial charge < -0.3 is 15.4 Å². The number of hydrogen-bond donors (Lipinski definition) is 3. The van der Waals surface area contributed by atoms with E-state index in [4.69, 9.17) is 9.88 Å². The summed E-state index contributed by atoms with van der Waals surface area (Å²) in [6.45, 7) is 8.10. The molecule has 0 saturated carbocycles. The van der Waals surface area contributed by atoms with Crippen molar-refractivity contribution < 1.29 is 13.2 Å². The van der Waals surface area contributed by atoms with Crippen molar-refractivity contribution in [3.63, 3.8) is 0 Å². The zero-order valence-electron chi connectivity index (χ0n) is 17.8. The maximum Gasteiger partial charge on any atom is 0.247 e. The van der Waals surface area contributed by atoms with Crippen molar-refractivity contribution in [3.8, 4) is 5.75 Å². The number of hydrogen-bond acceptors (Lipinski definition) is 5. The highest BCUT2D eigenvalue weighted by atomic mass is 127. The molecule has 0 aliphatic carbocycles. The van der Waals surface area contributed by atoms with Gasteiger partial charge in [-0.25, -0.2) is 13.6 Å². The Balaban J connectivity index is 0.00000450. The smallest absolute Gasteiger partial charge is 0.247 e. The van der Waals surface area contributed by atoms with E-state index in [2.05, 4.69) is 41.6 Å². The molecule has 0 unspecified atom stereocenters. The van der Waals surface area contributed by atoms with Crippen molar-refractivity contribution >= 4 is 51.3 Å². The number of ether oxygens (including phenoxy) is 1. The molecule has 0 saturated heterocycles. The number of aryl methyl sites for hydroxylation is 1. The summed E-state index contributed by atoms with van der Waals surface area (Å²) in [6, 6.07) is 9.42. The number of nitrogens with one attached hydrogen (secondary N) is 2. The molecule has 0 spiro atoms. The minimum atomic E-state index is -3.66. The number of benzene rings is 1. The first-order chi connectivity index (χ1) is 13.7. The number of sulfonamides is 1. The molecule has 2 aromatic rings. The molecule has 0 bridgehead atoms. The van der Waals surface area contributed by atoms with Crippen molar-refractivity contribution in [3.05, 3.63) is 46.3 Å². The molecule has 0 aliphatic heterocycles. The van der Waals surface area contributed by atoms with Gasteiger partial charge in [-0.15, -0.1) is 35.3 Å². The Morgan fingerprint density at radius 1 is 1.20 bits per heavy atom. The lowest BCUT2D eigenvalue weighted by Gasteiger charge is -2.16. The Morgan fingerprint density at radius 3 is 2.50 bits per heavy atom. The van der Waals surface area contributed by atoms with Gasteiger partial charge in [0.05, 0.1) is 13.2 Å². The van der Waals surface area contributed by atoms with E-state index in [1.54, 1.807) is 13.1 Å². The Bertz CT molecular complexity index is 943. The molecule has 1 aromatic carbocycles. The molecule has 168 valence electrons. The molecule has 0 fully saturated rings. The normalized spacial score (nSPS) is 11.9. The highest BCUT2D eigenvalue weighted by Crippen LogP contribution is 2.21. The second-order valence-corrected chi connectivity index (χ2v) is 10.1. The molecule has 0 amide bonds. The van der Waals surface area contributed by atoms with Crippen LogP contribution in [0.15, 0.2) is 39.5 Å². The zero-order chi connectivity index (χ0) is 21.4. The monoisotopic (exact) mass is 566 g/mol. The highest BCUT2D eigenvalue weighted by Gasteiger charge is 2.12.